The minimum atomic E-state index is -0.676. The lowest BCUT2D eigenvalue weighted by atomic mass is 10.2. The van der Waals surface area contributed by atoms with Gasteiger partial charge in [-0.25, -0.2) is 4.79 Å². The summed E-state index contributed by atoms with van der Waals surface area (Å²) in [5.41, 5.74) is 0.460. The number of hydrogen-bond donors (Lipinski definition) is 1. The summed E-state index contributed by atoms with van der Waals surface area (Å²) < 4.78 is 6.08. The predicted molar refractivity (Wildman–Crippen MR) is 70.8 cm³/mol. The lowest BCUT2D eigenvalue weighted by Gasteiger charge is -2.11. The van der Waals surface area contributed by atoms with E-state index in [-0.39, 0.29) is 5.91 Å². The van der Waals surface area contributed by atoms with Crippen molar-refractivity contribution in [3.8, 4) is 0 Å². The first-order chi connectivity index (χ1) is 7.93. The zero-order chi connectivity index (χ0) is 13.0. The van der Waals surface area contributed by atoms with Crippen molar-refractivity contribution in [2.45, 2.75) is 13.0 Å². The zero-order valence-corrected chi connectivity index (χ0v) is 12.5. The molecule has 0 aliphatic carbocycles. The molecule has 1 atom stereocenters. The van der Waals surface area contributed by atoms with Crippen LogP contribution in [-0.2, 0) is 9.53 Å². The SMILES string of the molecule is COC(=O)[C@@H](C)NC(=O)c1cc(Br)cc(Br)c1. The van der Waals surface area contributed by atoms with Gasteiger partial charge in [-0.1, -0.05) is 31.9 Å². The Kier molecular flexibility index (Phi) is 5.14. The smallest absolute Gasteiger partial charge is 0.328 e. The van der Waals surface area contributed by atoms with Crippen LogP contribution >= 0.6 is 31.9 Å². The van der Waals surface area contributed by atoms with Gasteiger partial charge in [-0.2, -0.15) is 0 Å². The van der Waals surface area contributed by atoms with Crippen molar-refractivity contribution >= 4 is 43.7 Å². The van der Waals surface area contributed by atoms with E-state index < -0.39 is 12.0 Å². The molecule has 0 unspecified atom stereocenters. The molecule has 4 nitrogen and oxygen atoms in total. The van der Waals surface area contributed by atoms with Gasteiger partial charge in [0.1, 0.15) is 6.04 Å². The van der Waals surface area contributed by atoms with Crippen LogP contribution in [0.5, 0.6) is 0 Å². The molecule has 1 amide bonds. The third-order valence-corrected chi connectivity index (χ3v) is 2.94. The average molecular weight is 365 g/mol. The lowest BCUT2D eigenvalue weighted by Crippen LogP contribution is -2.39. The van der Waals surface area contributed by atoms with E-state index in [9.17, 15) is 9.59 Å². The highest BCUT2D eigenvalue weighted by Crippen LogP contribution is 2.20. The van der Waals surface area contributed by atoms with E-state index in [4.69, 9.17) is 0 Å². The van der Waals surface area contributed by atoms with Crippen LogP contribution in [0, 0.1) is 0 Å². The van der Waals surface area contributed by atoms with E-state index in [1.54, 1.807) is 19.1 Å². The molecule has 6 heteroatoms. The van der Waals surface area contributed by atoms with Gasteiger partial charge in [-0.05, 0) is 25.1 Å². The molecule has 1 aromatic rings. The second kappa shape index (κ2) is 6.16. The van der Waals surface area contributed by atoms with Gasteiger partial charge in [0.25, 0.3) is 5.91 Å². The number of benzene rings is 1. The van der Waals surface area contributed by atoms with Gasteiger partial charge in [0.2, 0.25) is 0 Å². The van der Waals surface area contributed by atoms with Crippen LogP contribution in [0.4, 0.5) is 0 Å². The predicted octanol–water partition coefficient (Wildman–Crippen LogP) is 2.50. The first-order valence-electron chi connectivity index (χ1n) is 4.79. The minimum Gasteiger partial charge on any atom is -0.467 e. The Morgan fingerprint density at radius 2 is 1.76 bits per heavy atom. The van der Waals surface area contributed by atoms with Crippen LogP contribution in [0.2, 0.25) is 0 Å². The summed E-state index contributed by atoms with van der Waals surface area (Å²) in [6.07, 6.45) is 0. The van der Waals surface area contributed by atoms with Gasteiger partial charge in [0.15, 0.2) is 0 Å². The number of hydrogen-bond acceptors (Lipinski definition) is 3. The number of esters is 1. The molecule has 0 saturated heterocycles. The summed E-state index contributed by atoms with van der Waals surface area (Å²) >= 11 is 6.58. The summed E-state index contributed by atoms with van der Waals surface area (Å²) in [4.78, 5) is 23.0. The molecular formula is C11H11Br2NO3. The maximum Gasteiger partial charge on any atom is 0.328 e. The number of halogens is 2. The van der Waals surface area contributed by atoms with Crippen molar-refractivity contribution in [1.82, 2.24) is 5.32 Å². The largest absolute Gasteiger partial charge is 0.467 e. The molecule has 0 bridgehead atoms. The second-order valence-corrected chi connectivity index (χ2v) is 5.21. The van der Waals surface area contributed by atoms with Gasteiger partial charge >= 0.3 is 5.97 Å². The number of carbonyl (C=O) groups excluding carboxylic acids is 2. The van der Waals surface area contributed by atoms with E-state index in [1.807, 2.05) is 6.07 Å². The molecule has 0 heterocycles. The summed E-state index contributed by atoms with van der Waals surface area (Å²) in [6, 6.07) is 4.49. The molecule has 1 N–H and O–H groups in total. The fraction of sp³-hybridized carbons (Fsp3) is 0.273. The average Bonchev–Trinajstić information content (AvgIpc) is 2.26. The second-order valence-electron chi connectivity index (χ2n) is 3.38. The first-order valence-corrected chi connectivity index (χ1v) is 6.37. The number of rotatable bonds is 3. The quantitative estimate of drug-likeness (QED) is 0.838. The molecule has 92 valence electrons. The van der Waals surface area contributed by atoms with E-state index in [0.717, 1.165) is 8.95 Å². The molecule has 0 saturated carbocycles. The van der Waals surface area contributed by atoms with Crippen LogP contribution < -0.4 is 5.32 Å². The van der Waals surface area contributed by atoms with Gasteiger partial charge in [-0.15, -0.1) is 0 Å². The molecule has 0 radical (unpaired) electrons. The third kappa shape index (κ3) is 4.12. The Bertz CT molecular complexity index is 428. The van der Waals surface area contributed by atoms with E-state index in [1.165, 1.54) is 7.11 Å². The molecule has 1 rings (SSSR count). The van der Waals surface area contributed by atoms with E-state index >= 15 is 0 Å². The molecule has 0 spiro atoms. The van der Waals surface area contributed by atoms with Crippen molar-refractivity contribution in [3.63, 3.8) is 0 Å². The Labute approximate surface area is 116 Å². The van der Waals surface area contributed by atoms with Crippen LogP contribution in [0.15, 0.2) is 27.1 Å². The number of methoxy groups -OCH3 is 1. The summed E-state index contributed by atoms with van der Waals surface area (Å²) in [5.74, 6) is -0.808. The number of carbonyl (C=O) groups is 2. The maximum absolute atomic E-state index is 11.8. The zero-order valence-electron chi connectivity index (χ0n) is 9.29. The molecule has 0 fully saturated rings. The van der Waals surface area contributed by atoms with Crippen molar-refractivity contribution in [1.29, 1.82) is 0 Å². The summed E-state index contributed by atoms with van der Waals surface area (Å²) in [5, 5.41) is 2.55. The van der Waals surface area contributed by atoms with Crippen LogP contribution in [0.25, 0.3) is 0 Å². The van der Waals surface area contributed by atoms with Crippen LogP contribution in [-0.4, -0.2) is 25.0 Å². The van der Waals surface area contributed by atoms with Gasteiger partial charge < -0.3 is 10.1 Å². The number of nitrogens with one attached hydrogen (secondary N) is 1. The van der Waals surface area contributed by atoms with Crippen molar-refractivity contribution in [3.05, 3.63) is 32.7 Å². The number of ether oxygens (including phenoxy) is 1. The Hall–Kier alpha value is -0.880. The third-order valence-electron chi connectivity index (χ3n) is 2.03. The minimum absolute atomic E-state index is 0.329. The topological polar surface area (TPSA) is 55.4 Å². The van der Waals surface area contributed by atoms with Gasteiger partial charge in [-0.3, -0.25) is 4.79 Å². The highest BCUT2D eigenvalue weighted by Gasteiger charge is 2.17. The van der Waals surface area contributed by atoms with Crippen LogP contribution in [0.3, 0.4) is 0 Å². The van der Waals surface area contributed by atoms with Crippen molar-refractivity contribution in [2.24, 2.45) is 0 Å². The highest BCUT2D eigenvalue weighted by molar-refractivity contribution is 9.11. The van der Waals surface area contributed by atoms with Crippen molar-refractivity contribution < 1.29 is 14.3 Å². The molecule has 1 aromatic carbocycles. The summed E-state index contributed by atoms with van der Waals surface area (Å²) in [6.45, 7) is 1.57. The van der Waals surface area contributed by atoms with Gasteiger partial charge in [0, 0.05) is 14.5 Å². The first kappa shape index (κ1) is 14.2. The molecule has 0 aliphatic heterocycles. The standard InChI is InChI=1S/C11H11Br2NO3/c1-6(11(16)17-2)14-10(15)7-3-8(12)5-9(13)4-7/h3-6H,1-2H3,(H,14,15)/t6-/m1/s1. The maximum atomic E-state index is 11.8. The monoisotopic (exact) mass is 363 g/mol. The summed E-state index contributed by atoms with van der Waals surface area (Å²) in [7, 11) is 1.28. The number of amides is 1. The Balaban J connectivity index is 2.79. The molecule has 0 aliphatic rings. The molecule has 0 aromatic heterocycles. The lowest BCUT2D eigenvalue weighted by molar-refractivity contribution is -0.142. The Morgan fingerprint density at radius 3 is 2.24 bits per heavy atom. The van der Waals surface area contributed by atoms with E-state index in [0.29, 0.717) is 5.56 Å². The van der Waals surface area contributed by atoms with Gasteiger partial charge in [0.05, 0.1) is 7.11 Å². The highest BCUT2D eigenvalue weighted by atomic mass is 79.9. The normalized spacial score (nSPS) is 11.8. The molecule has 17 heavy (non-hydrogen) atoms. The van der Waals surface area contributed by atoms with E-state index in [2.05, 4.69) is 41.9 Å². The van der Waals surface area contributed by atoms with Crippen LogP contribution in [0.1, 0.15) is 17.3 Å². The fourth-order valence-corrected chi connectivity index (χ4v) is 2.49. The fourth-order valence-electron chi connectivity index (χ4n) is 1.20. The van der Waals surface area contributed by atoms with Crippen molar-refractivity contribution in [2.75, 3.05) is 7.11 Å². The Morgan fingerprint density at radius 1 is 1.24 bits per heavy atom. The molecular weight excluding hydrogens is 354 g/mol.